The van der Waals surface area contributed by atoms with Crippen LogP contribution in [0.2, 0.25) is 0 Å². The lowest BCUT2D eigenvalue weighted by Gasteiger charge is -2.40. The van der Waals surface area contributed by atoms with Crippen LogP contribution in [0.3, 0.4) is 0 Å². The van der Waals surface area contributed by atoms with Crippen molar-refractivity contribution in [1.82, 2.24) is 5.32 Å². The number of carbonyl (C=O) groups is 1. The van der Waals surface area contributed by atoms with E-state index in [9.17, 15) is 15.0 Å². The van der Waals surface area contributed by atoms with Crippen molar-refractivity contribution in [3.05, 3.63) is 44.1 Å². The number of hydrogen-bond donors (Lipinski definition) is 6. The molecular weight excluding hydrogens is 414 g/mol. The van der Waals surface area contributed by atoms with E-state index in [-0.39, 0.29) is 18.1 Å². The zero-order chi connectivity index (χ0) is 20.5. The first-order valence-electron chi connectivity index (χ1n) is 9.20. The van der Waals surface area contributed by atoms with Crippen LogP contribution < -0.4 is 10.1 Å². The summed E-state index contributed by atoms with van der Waals surface area (Å²) in [4.78, 5) is 12.9. The van der Waals surface area contributed by atoms with Crippen LogP contribution in [0.25, 0.3) is 0 Å². The van der Waals surface area contributed by atoms with E-state index >= 15 is 0 Å². The van der Waals surface area contributed by atoms with Crippen molar-refractivity contribution in [3.8, 4) is 11.5 Å². The molecule has 5 nitrogen and oxygen atoms in total. The number of amides is 1. The number of ether oxygens (including phenoxy) is 1. The standard InChI is InChI=1S/C20H25NO4S3/c1-20(7-3-5-11(26)4-2-6-17(27)28)16(23)9-13-15(22)8-12-14(18(13)25-20)10-21-19(12)24/h5-6,8,16,22-23,26-28H,2-4,7,9-10H2,1H3,(H,21,24)/b11-5-/t16-,20-/m0/s1. The highest BCUT2D eigenvalue weighted by Gasteiger charge is 2.43. The summed E-state index contributed by atoms with van der Waals surface area (Å²) in [7, 11) is 0. The number of carbonyl (C=O) groups excluding carboxylic acids is 1. The number of rotatable bonds is 6. The third-order valence-corrected chi connectivity index (χ3v) is 6.09. The quantitative estimate of drug-likeness (QED) is 0.382. The van der Waals surface area contributed by atoms with Gasteiger partial charge in [0.1, 0.15) is 17.1 Å². The fourth-order valence-corrected chi connectivity index (χ4v) is 4.12. The molecule has 2 atom stereocenters. The Morgan fingerprint density at radius 1 is 1.32 bits per heavy atom. The number of benzene rings is 1. The van der Waals surface area contributed by atoms with Crippen molar-refractivity contribution >= 4 is 43.8 Å². The number of thiol groups is 3. The molecule has 1 amide bonds. The van der Waals surface area contributed by atoms with E-state index < -0.39 is 11.7 Å². The van der Waals surface area contributed by atoms with E-state index in [1.807, 2.05) is 19.1 Å². The molecule has 0 spiro atoms. The number of hydrogen-bond acceptors (Lipinski definition) is 7. The predicted octanol–water partition coefficient (Wildman–Crippen LogP) is 3.77. The molecule has 2 aliphatic rings. The maximum Gasteiger partial charge on any atom is 0.252 e. The van der Waals surface area contributed by atoms with Gasteiger partial charge in [-0.25, -0.2) is 0 Å². The van der Waals surface area contributed by atoms with Gasteiger partial charge in [-0.1, -0.05) is 12.2 Å². The highest BCUT2D eigenvalue weighted by atomic mass is 32.2. The smallest absolute Gasteiger partial charge is 0.252 e. The lowest BCUT2D eigenvalue weighted by molar-refractivity contribution is -0.0597. The van der Waals surface area contributed by atoms with Gasteiger partial charge in [-0.2, -0.15) is 0 Å². The summed E-state index contributed by atoms with van der Waals surface area (Å²) < 4.78 is 6.90. The molecule has 1 aromatic carbocycles. The molecule has 28 heavy (non-hydrogen) atoms. The van der Waals surface area contributed by atoms with Crippen LogP contribution in [0.5, 0.6) is 11.5 Å². The molecule has 0 saturated heterocycles. The lowest BCUT2D eigenvalue weighted by atomic mass is 9.84. The third kappa shape index (κ3) is 4.50. The molecule has 3 N–H and O–H groups in total. The molecule has 0 unspecified atom stereocenters. The number of phenols is 1. The van der Waals surface area contributed by atoms with Crippen LogP contribution in [0.15, 0.2) is 27.4 Å². The Labute approximate surface area is 181 Å². The number of fused-ring (bicyclic) bond motifs is 3. The van der Waals surface area contributed by atoms with Crippen molar-refractivity contribution in [1.29, 1.82) is 0 Å². The molecule has 1 aromatic rings. The van der Waals surface area contributed by atoms with Crippen LogP contribution in [0.1, 0.15) is 54.1 Å². The predicted molar refractivity (Wildman–Crippen MR) is 120 cm³/mol. The van der Waals surface area contributed by atoms with Crippen LogP contribution in [-0.2, 0) is 13.0 Å². The monoisotopic (exact) mass is 439 g/mol. The van der Waals surface area contributed by atoms with Gasteiger partial charge >= 0.3 is 0 Å². The van der Waals surface area contributed by atoms with Gasteiger partial charge < -0.3 is 20.3 Å². The topological polar surface area (TPSA) is 78.8 Å². The van der Waals surface area contributed by atoms with E-state index in [0.29, 0.717) is 40.5 Å². The van der Waals surface area contributed by atoms with Crippen molar-refractivity contribution < 1.29 is 19.7 Å². The highest BCUT2D eigenvalue weighted by molar-refractivity contribution is 8.05. The van der Waals surface area contributed by atoms with Gasteiger partial charge in [-0.05, 0) is 43.6 Å². The molecule has 0 radical (unpaired) electrons. The molecule has 0 saturated carbocycles. The van der Waals surface area contributed by atoms with Crippen molar-refractivity contribution in [2.24, 2.45) is 0 Å². The Morgan fingerprint density at radius 3 is 2.79 bits per heavy atom. The van der Waals surface area contributed by atoms with Gasteiger partial charge in [0.25, 0.3) is 5.91 Å². The number of aliphatic hydroxyl groups excluding tert-OH is 1. The Kier molecular flexibility index (Phi) is 6.64. The zero-order valence-electron chi connectivity index (χ0n) is 15.6. The van der Waals surface area contributed by atoms with Gasteiger partial charge in [0, 0.05) is 28.3 Å². The average Bonchev–Trinajstić information content (AvgIpc) is 2.97. The summed E-state index contributed by atoms with van der Waals surface area (Å²) in [6.45, 7) is 2.24. The maximum atomic E-state index is 11.9. The molecule has 2 heterocycles. The number of allylic oxidation sites excluding steroid dienone is 3. The van der Waals surface area contributed by atoms with Crippen molar-refractivity contribution in [3.63, 3.8) is 0 Å². The van der Waals surface area contributed by atoms with Gasteiger partial charge in [0.2, 0.25) is 0 Å². The Bertz CT molecular complexity index is 848. The second-order valence-electron chi connectivity index (χ2n) is 7.38. The summed E-state index contributed by atoms with van der Waals surface area (Å²) in [6.07, 6.45) is 6.37. The lowest BCUT2D eigenvalue weighted by Crippen LogP contribution is -2.49. The molecule has 2 aliphatic heterocycles. The summed E-state index contributed by atoms with van der Waals surface area (Å²) in [5, 5.41) is 23.7. The molecule has 0 fully saturated rings. The highest BCUT2D eigenvalue weighted by Crippen LogP contribution is 2.45. The molecule has 152 valence electrons. The third-order valence-electron chi connectivity index (χ3n) is 5.32. The molecule has 0 aromatic heterocycles. The van der Waals surface area contributed by atoms with Crippen LogP contribution in [0.4, 0.5) is 0 Å². The van der Waals surface area contributed by atoms with Crippen molar-refractivity contribution in [2.75, 3.05) is 0 Å². The Hall–Kier alpha value is -1.22. The second kappa shape index (κ2) is 8.65. The fraction of sp³-hybridized carbons (Fsp3) is 0.450. The average molecular weight is 440 g/mol. The summed E-state index contributed by atoms with van der Waals surface area (Å²) in [6, 6.07) is 1.46. The van der Waals surface area contributed by atoms with E-state index in [0.717, 1.165) is 23.3 Å². The fourth-order valence-electron chi connectivity index (χ4n) is 3.60. The van der Waals surface area contributed by atoms with Crippen molar-refractivity contribution in [2.45, 2.75) is 57.3 Å². The SMILES string of the molecule is C[C@@]1(CC/C=C(\S)CCC=C(S)S)Oc2c(c(O)cc3c2CNC3=O)C[C@@H]1O. The second-order valence-corrected chi connectivity index (χ2v) is 9.27. The molecule has 3 rings (SSSR count). The zero-order valence-corrected chi connectivity index (χ0v) is 18.3. The number of aromatic hydroxyl groups is 1. The molecule has 0 bridgehead atoms. The van der Waals surface area contributed by atoms with E-state index in [4.69, 9.17) is 4.74 Å². The first-order valence-corrected chi connectivity index (χ1v) is 10.5. The van der Waals surface area contributed by atoms with Crippen LogP contribution in [0, 0.1) is 0 Å². The molecule has 0 aliphatic carbocycles. The maximum absolute atomic E-state index is 11.9. The van der Waals surface area contributed by atoms with Gasteiger partial charge in [0.05, 0.1) is 11.7 Å². The van der Waals surface area contributed by atoms with Crippen LogP contribution in [-0.4, -0.2) is 27.8 Å². The first kappa shape index (κ1) is 21.5. The minimum Gasteiger partial charge on any atom is -0.508 e. The normalized spacial score (nSPS) is 23.5. The molecule has 8 heteroatoms. The van der Waals surface area contributed by atoms with Crippen LogP contribution >= 0.6 is 37.9 Å². The number of phenolic OH excluding ortho intramolecular Hbond substituents is 1. The largest absolute Gasteiger partial charge is 0.508 e. The van der Waals surface area contributed by atoms with E-state index in [1.165, 1.54) is 6.07 Å². The van der Waals surface area contributed by atoms with Gasteiger partial charge in [-0.15, -0.1) is 37.9 Å². The first-order chi connectivity index (χ1) is 13.2. The van der Waals surface area contributed by atoms with E-state index in [1.54, 1.807) is 0 Å². The number of aliphatic hydroxyl groups is 1. The molecular formula is C20H25NO4S3. The minimum absolute atomic E-state index is 0.00903. The van der Waals surface area contributed by atoms with Gasteiger partial charge in [-0.3, -0.25) is 4.79 Å². The Balaban J connectivity index is 1.73. The van der Waals surface area contributed by atoms with Gasteiger partial charge in [0.15, 0.2) is 0 Å². The summed E-state index contributed by atoms with van der Waals surface area (Å²) >= 11 is 12.7. The Morgan fingerprint density at radius 2 is 2.07 bits per heavy atom. The summed E-state index contributed by atoms with van der Waals surface area (Å²) in [5.41, 5.74) is 0.941. The summed E-state index contributed by atoms with van der Waals surface area (Å²) in [5.74, 6) is 0.300. The number of nitrogens with one attached hydrogen (secondary N) is 1. The van der Waals surface area contributed by atoms with E-state index in [2.05, 4.69) is 43.2 Å². The minimum atomic E-state index is -0.811.